The van der Waals surface area contributed by atoms with Crippen LogP contribution in [0.15, 0.2) is 24.3 Å². The maximum Gasteiger partial charge on any atom is 0.133 e. The van der Waals surface area contributed by atoms with E-state index >= 15 is 0 Å². The summed E-state index contributed by atoms with van der Waals surface area (Å²) in [4.78, 5) is 11.4. The molecular formula is C17H24O2. The van der Waals surface area contributed by atoms with E-state index in [0.29, 0.717) is 24.5 Å². The molecule has 104 valence electrons. The third kappa shape index (κ3) is 3.90. The number of ketones is 1. The molecule has 1 N–H and O–H groups in total. The van der Waals surface area contributed by atoms with E-state index in [4.69, 9.17) is 0 Å². The van der Waals surface area contributed by atoms with Crippen molar-refractivity contribution in [1.82, 2.24) is 0 Å². The van der Waals surface area contributed by atoms with Crippen LogP contribution in [0.3, 0.4) is 0 Å². The first-order chi connectivity index (χ1) is 9.20. The lowest BCUT2D eigenvalue weighted by Crippen LogP contribution is -2.00. The Morgan fingerprint density at radius 3 is 2.89 bits per heavy atom. The molecule has 0 aliphatic heterocycles. The molecule has 2 heteroatoms. The van der Waals surface area contributed by atoms with Crippen LogP contribution in [0, 0.1) is 0 Å². The van der Waals surface area contributed by atoms with Crippen LogP contribution in [-0.2, 0) is 4.79 Å². The van der Waals surface area contributed by atoms with Crippen molar-refractivity contribution in [3.63, 3.8) is 0 Å². The highest BCUT2D eigenvalue weighted by atomic mass is 16.3. The fourth-order valence-electron chi connectivity index (χ4n) is 2.87. The van der Waals surface area contributed by atoms with Gasteiger partial charge in [0.2, 0.25) is 0 Å². The van der Waals surface area contributed by atoms with Crippen LogP contribution in [0.4, 0.5) is 0 Å². The third-order valence-corrected chi connectivity index (χ3v) is 4.09. The van der Waals surface area contributed by atoms with E-state index in [2.05, 4.69) is 19.1 Å². The van der Waals surface area contributed by atoms with Crippen LogP contribution in [0.2, 0.25) is 0 Å². The average molecular weight is 260 g/mol. The lowest BCUT2D eigenvalue weighted by Gasteiger charge is -2.14. The minimum atomic E-state index is -0.358. The Kier molecular flexibility index (Phi) is 5.15. The van der Waals surface area contributed by atoms with Crippen LogP contribution in [-0.4, -0.2) is 10.9 Å². The number of hydrogen-bond donors (Lipinski definition) is 1. The molecule has 2 nitrogen and oxygen atoms in total. The standard InChI is InChI=1S/C17H24O2/c1-2-3-4-8-17(19)15-7-5-6-13(11-15)14-9-10-16(18)12-14/h5-7,11,14,17,19H,2-4,8-10,12H2,1H3/t14-,17?/m0/s1. The smallest absolute Gasteiger partial charge is 0.133 e. The second kappa shape index (κ2) is 6.85. The highest BCUT2D eigenvalue weighted by Gasteiger charge is 2.23. The number of hydrogen-bond acceptors (Lipinski definition) is 2. The Bertz CT molecular complexity index is 425. The number of carbonyl (C=O) groups is 1. The quantitative estimate of drug-likeness (QED) is 0.781. The number of benzene rings is 1. The number of rotatable bonds is 6. The summed E-state index contributed by atoms with van der Waals surface area (Å²) in [6.07, 6.45) is 6.26. The van der Waals surface area contributed by atoms with E-state index in [1.165, 1.54) is 18.4 Å². The van der Waals surface area contributed by atoms with Gasteiger partial charge in [0, 0.05) is 12.8 Å². The monoisotopic (exact) mass is 260 g/mol. The Balaban J connectivity index is 2.00. The highest BCUT2D eigenvalue weighted by molar-refractivity contribution is 5.81. The summed E-state index contributed by atoms with van der Waals surface area (Å²) >= 11 is 0. The molecule has 1 aromatic carbocycles. The van der Waals surface area contributed by atoms with Gasteiger partial charge < -0.3 is 5.11 Å². The lowest BCUT2D eigenvalue weighted by atomic mass is 9.93. The fourth-order valence-corrected chi connectivity index (χ4v) is 2.87. The summed E-state index contributed by atoms with van der Waals surface area (Å²) in [5.74, 6) is 0.745. The van der Waals surface area contributed by atoms with Gasteiger partial charge in [-0.2, -0.15) is 0 Å². The SMILES string of the molecule is CCCCCC(O)c1cccc([C@H]2CCC(=O)C2)c1. The van der Waals surface area contributed by atoms with Crippen LogP contribution in [0.1, 0.15) is 75.0 Å². The number of aliphatic hydroxyl groups excluding tert-OH is 1. The summed E-state index contributed by atoms with van der Waals surface area (Å²) in [7, 11) is 0. The summed E-state index contributed by atoms with van der Waals surface area (Å²) in [5, 5.41) is 10.2. The first-order valence-corrected chi connectivity index (χ1v) is 7.50. The summed E-state index contributed by atoms with van der Waals surface area (Å²) in [5.41, 5.74) is 2.23. The van der Waals surface area contributed by atoms with Crippen molar-refractivity contribution in [3.05, 3.63) is 35.4 Å². The van der Waals surface area contributed by atoms with Crippen LogP contribution >= 0.6 is 0 Å². The number of Topliss-reactive ketones (excluding diaryl/α,β-unsaturated/α-hetero) is 1. The van der Waals surface area contributed by atoms with E-state index in [1.807, 2.05) is 12.1 Å². The van der Waals surface area contributed by atoms with E-state index in [9.17, 15) is 9.90 Å². The molecule has 1 aliphatic carbocycles. The topological polar surface area (TPSA) is 37.3 Å². The Hall–Kier alpha value is -1.15. The van der Waals surface area contributed by atoms with Crippen LogP contribution in [0.25, 0.3) is 0 Å². The van der Waals surface area contributed by atoms with Crippen molar-refractivity contribution in [1.29, 1.82) is 0 Å². The second-order valence-electron chi connectivity index (χ2n) is 5.66. The summed E-state index contributed by atoms with van der Waals surface area (Å²) < 4.78 is 0. The average Bonchev–Trinajstić information content (AvgIpc) is 2.86. The van der Waals surface area contributed by atoms with E-state index in [0.717, 1.165) is 24.8 Å². The van der Waals surface area contributed by atoms with E-state index < -0.39 is 0 Å². The van der Waals surface area contributed by atoms with Gasteiger partial charge in [-0.3, -0.25) is 4.79 Å². The molecule has 2 rings (SSSR count). The number of unbranched alkanes of at least 4 members (excludes halogenated alkanes) is 2. The molecular weight excluding hydrogens is 236 g/mol. The molecule has 1 aromatic rings. The zero-order valence-electron chi connectivity index (χ0n) is 11.8. The first-order valence-electron chi connectivity index (χ1n) is 7.50. The maximum atomic E-state index is 11.4. The van der Waals surface area contributed by atoms with Gasteiger partial charge in [-0.05, 0) is 29.9 Å². The lowest BCUT2D eigenvalue weighted by molar-refractivity contribution is -0.117. The molecule has 1 saturated carbocycles. The molecule has 1 unspecified atom stereocenters. The van der Waals surface area contributed by atoms with Crippen molar-refractivity contribution in [2.75, 3.05) is 0 Å². The van der Waals surface area contributed by atoms with Gasteiger partial charge in [0.25, 0.3) is 0 Å². The molecule has 0 aromatic heterocycles. The van der Waals surface area contributed by atoms with Gasteiger partial charge in [-0.1, -0.05) is 50.5 Å². The minimum absolute atomic E-state index is 0.358. The molecule has 0 saturated heterocycles. The predicted molar refractivity (Wildman–Crippen MR) is 77.1 cm³/mol. The molecule has 0 amide bonds. The van der Waals surface area contributed by atoms with Crippen molar-refractivity contribution < 1.29 is 9.90 Å². The van der Waals surface area contributed by atoms with Gasteiger partial charge >= 0.3 is 0 Å². The van der Waals surface area contributed by atoms with Gasteiger partial charge in [0.05, 0.1) is 6.10 Å². The zero-order valence-corrected chi connectivity index (χ0v) is 11.8. The van der Waals surface area contributed by atoms with Gasteiger partial charge in [0.15, 0.2) is 0 Å². The summed E-state index contributed by atoms with van der Waals surface area (Å²) in [6.45, 7) is 2.17. The Morgan fingerprint density at radius 2 is 2.21 bits per heavy atom. The number of aliphatic hydroxyl groups is 1. The third-order valence-electron chi connectivity index (χ3n) is 4.09. The molecule has 0 radical (unpaired) electrons. The predicted octanol–water partition coefficient (Wildman–Crippen LogP) is 4.14. The zero-order chi connectivity index (χ0) is 13.7. The van der Waals surface area contributed by atoms with Gasteiger partial charge in [-0.25, -0.2) is 0 Å². The van der Waals surface area contributed by atoms with Crippen molar-refractivity contribution in [2.45, 2.75) is 63.9 Å². The highest BCUT2D eigenvalue weighted by Crippen LogP contribution is 2.33. The maximum absolute atomic E-state index is 11.4. The molecule has 1 aliphatic rings. The van der Waals surface area contributed by atoms with E-state index in [-0.39, 0.29) is 6.10 Å². The van der Waals surface area contributed by atoms with Crippen LogP contribution in [0.5, 0.6) is 0 Å². The largest absolute Gasteiger partial charge is 0.388 e. The molecule has 19 heavy (non-hydrogen) atoms. The van der Waals surface area contributed by atoms with Crippen molar-refractivity contribution >= 4 is 5.78 Å². The molecule has 2 atom stereocenters. The Labute approximate surface area is 115 Å². The summed E-state index contributed by atoms with van der Waals surface area (Å²) in [6, 6.07) is 8.19. The minimum Gasteiger partial charge on any atom is -0.388 e. The van der Waals surface area contributed by atoms with E-state index in [1.54, 1.807) is 0 Å². The normalized spacial score (nSPS) is 20.7. The van der Waals surface area contributed by atoms with Crippen LogP contribution < -0.4 is 0 Å². The van der Waals surface area contributed by atoms with Crippen molar-refractivity contribution in [2.24, 2.45) is 0 Å². The fraction of sp³-hybridized carbons (Fsp3) is 0.588. The first kappa shape index (κ1) is 14.3. The molecule has 1 fully saturated rings. The molecule has 0 spiro atoms. The molecule has 0 heterocycles. The number of carbonyl (C=O) groups excluding carboxylic acids is 1. The Morgan fingerprint density at radius 1 is 1.37 bits per heavy atom. The van der Waals surface area contributed by atoms with Gasteiger partial charge in [-0.15, -0.1) is 0 Å². The van der Waals surface area contributed by atoms with Gasteiger partial charge in [0.1, 0.15) is 5.78 Å². The molecule has 0 bridgehead atoms. The van der Waals surface area contributed by atoms with Crippen molar-refractivity contribution in [3.8, 4) is 0 Å². The second-order valence-corrected chi connectivity index (χ2v) is 5.66.